The van der Waals surface area contributed by atoms with Gasteiger partial charge in [-0.05, 0) is 26.0 Å². The van der Waals surface area contributed by atoms with Crippen molar-refractivity contribution in [3.63, 3.8) is 0 Å². The van der Waals surface area contributed by atoms with Crippen LogP contribution in [0.3, 0.4) is 0 Å². The molecule has 0 unspecified atom stereocenters. The molecule has 0 bridgehead atoms. The highest BCUT2D eigenvalue weighted by Gasteiger charge is 2.16. The highest BCUT2D eigenvalue weighted by atomic mass is 16.7. The van der Waals surface area contributed by atoms with Crippen LogP contribution in [0.15, 0.2) is 24.5 Å². The van der Waals surface area contributed by atoms with Gasteiger partial charge in [-0.1, -0.05) is 5.21 Å². The first kappa shape index (κ1) is 16.8. The van der Waals surface area contributed by atoms with Gasteiger partial charge in [0.05, 0.1) is 12.7 Å². The Hall–Kier alpha value is -2.52. The van der Waals surface area contributed by atoms with Crippen LogP contribution in [-0.2, 0) is 16.0 Å². The highest BCUT2D eigenvalue weighted by Crippen LogP contribution is 2.18. The van der Waals surface area contributed by atoms with Gasteiger partial charge in [0, 0.05) is 19.4 Å². The maximum absolute atomic E-state index is 12.1. The van der Waals surface area contributed by atoms with Crippen LogP contribution in [0.25, 0.3) is 0 Å². The number of nitrogens with one attached hydrogen (secondary N) is 1. The third-order valence-corrected chi connectivity index (χ3v) is 2.83. The maximum atomic E-state index is 12.1. The van der Waals surface area contributed by atoms with Gasteiger partial charge in [0.25, 0.3) is 5.91 Å². The van der Waals surface area contributed by atoms with Gasteiger partial charge in [-0.25, -0.2) is 9.67 Å². The van der Waals surface area contributed by atoms with E-state index in [-0.39, 0.29) is 17.3 Å². The van der Waals surface area contributed by atoms with Gasteiger partial charge in [0.2, 0.25) is 0 Å². The first-order valence-corrected chi connectivity index (χ1v) is 7.22. The predicted octanol–water partition coefficient (Wildman–Crippen LogP) is 1.03. The number of ether oxygens (including phenoxy) is 2. The minimum atomic E-state index is -0.519. The number of pyridine rings is 1. The van der Waals surface area contributed by atoms with E-state index in [1.54, 1.807) is 6.07 Å². The molecule has 23 heavy (non-hydrogen) atoms. The van der Waals surface area contributed by atoms with Crippen molar-refractivity contribution in [2.24, 2.45) is 0 Å². The Bertz CT molecular complexity index is 640. The number of nitrogens with zero attached hydrogens (tertiary/aromatic N) is 4. The van der Waals surface area contributed by atoms with Crippen molar-refractivity contribution in [1.82, 2.24) is 20.0 Å². The molecule has 9 nitrogen and oxygen atoms in total. The molecule has 9 heteroatoms. The zero-order valence-electron chi connectivity index (χ0n) is 13.0. The summed E-state index contributed by atoms with van der Waals surface area (Å²) in [5.74, 6) is -0.579. The zero-order valence-corrected chi connectivity index (χ0v) is 13.0. The lowest BCUT2D eigenvalue weighted by molar-refractivity contribution is -0.145. The summed E-state index contributed by atoms with van der Waals surface area (Å²) in [6, 6.07) is 2.98. The molecule has 0 aliphatic carbocycles. The van der Waals surface area contributed by atoms with Crippen molar-refractivity contribution in [1.29, 1.82) is 0 Å². The van der Waals surface area contributed by atoms with Crippen LogP contribution in [-0.4, -0.2) is 50.5 Å². The number of hydrogen-bond acceptors (Lipinski definition) is 7. The largest absolute Gasteiger partial charge is 0.504 e. The molecule has 0 saturated carbocycles. The van der Waals surface area contributed by atoms with Gasteiger partial charge in [0.1, 0.15) is 0 Å². The number of anilines is 1. The number of aromatic hydroxyl groups is 1. The van der Waals surface area contributed by atoms with Crippen LogP contribution in [0.1, 0.15) is 24.3 Å². The second kappa shape index (κ2) is 8.20. The lowest BCUT2D eigenvalue weighted by Gasteiger charge is -2.16. The van der Waals surface area contributed by atoms with E-state index in [2.05, 4.69) is 20.6 Å². The molecule has 0 aliphatic heterocycles. The van der Waals surface area contributed by atoms with Crippen LogP contribution in [0.5, 0.6) is 5.75 Å². The van der Waals surface area contributed by atoms with E-state index >= 15 is 0 Å². The quantitative estimate of drug-likeness (QED) is 0.698. The highest BCUT2D eigenvalue weighted by molar-refractivity contribution is 6.02. The summed E-state index contributed by atoms with van der Waals surface area (Å²) >= 11 is 0. The molecule has 0 atom stereocenters. The molecular formula is C14H19N5O4. The Morgan fingerprint density at radius 1 is 1.39 bits per heavy atom. The van der Waals surface area contributed by atoms with E-state index < -0.39 is 12.2 Å². The van der Waals surface area contributed by atoms with Gasteiger partial charge in [-0.3, -0.25) is 4.79 Å². The molecule has 0 spiro atoms. The Balaban J connectivity index is 2.00. The van der Waals surface area contributed by atoms with Crippen molar-refractivity contribution in [2.45, 2.75) is 26.7 Å². The van der Waals surface area contributed by atoms with Crippen LogP contribution >= 0.6 is 0 Å². The summed E-state index contributed by atoms with van der Waals surface area (Å²) in [6.07, 6.45) is 2.48. The fraction of sp³-hybridized carbons (Fsp3) is 0.429. The maximum Gasteiger partial charge on any atom is 0.279 e. The second-order valence-electron chi connectivity index (χ2n) is 4.49. The van der Waals surface area contributed by atoms with Crippen molar-refractivity contribution >= 4 is 11.7 Å². The summed E-state index contributed by atoms with van der Waals surface area (Å²) in [6.45, 7) is 5.06. The number of carbonyl (C=O) groups is 1. The van der Waals surface area contributed by atoms with Crippen LogP contribution in [0, 0.1) is 0 Å². The molecule has 0 aromatic carbocycles. The molecule has 2 rings (SSSR count). The number of amides is 1. The molecule has 0 saturated heterocycles. The van der Waals surface area contributed by atoms with E-state index in [1.165, 1.54) is 23.1 Å². The predicted molar refractivity (Wildman–Crippen MR) is 80.9 cm³/mol. The van der Waals surface area contributed by atoms with Crippen molar-refractivity contribution < 1.29 is 19.4 Å². The van der Waals surface area contributed by atoms with E-state index in [0.29, 0.717) is 19.8 Å². The summed E-state index contributed by atoms with van der Waals surface area (Å²) in [5.41, 5.74) is 0.0989. The third kappa shape index (κ3) is 4.73. The topological polar surface area (TPSA) is 111 Å². The molecule has 0 radical (unpaired) electrons. The van der Waals surface area contributed by atoms with Gasteiger partial charge < -0.3 is 19.9 Å². The first-order chi connectivity index (χ1) is 11.1. The van der Waals surface area contributed by atoms with E-state index in [9.17, 15) is 9.90 Å². The van der Waals surface area contributed by atoms with E-state index in [1.807, 2.05) is 13.8 Å². The fourth-order valence-corrected chi connectivity index (χ4v) is 1.83. The number of rotatable bonds is 8. The van der Waals surface area contributed by atoms with Crippen LogP contribution in [0.2, 0.25) is 0 Å². The number of carbonyl (C=O) groups excluding carboxylic acids is 1. The van der Waals surface area contributed by atoms with E-state index in [0.717, 1.165) is 0 Å². The standard InChI is InChI=1S/C14H19N5O4/c1-3-22-12(23-4-2)9-19-8-10(17-18-19)14(21)16-13-11(20)6-5-7-15-13/h5-8,12,20H,3-4,9H2,1-2H3,(H,15,16,21). The zero-order chi connectivity index (χ0) is 16.7. The lowest BCUT2D eigenvalue weighted by atomic mass is 10.4. The molecular weight excluding hydrogens is 302 g/mol. The minimum Gasteiger partial charge on any atom is -0.504 e. The fourth-order valence-electron chi connectivity index (χ4n) is 1.83. The van der Waals surface area contributed by atoms with Crippen molar-refractivity contribution in [2.75, 3.05) is 18.5 Å². The van der Waals surface area contributed by atoms with E-state index in [4.69, 9.17) is 9.47 Å². The Morgan fingerprint density at radius 2 is 2.13 bits per heavy atom. The molecule has 124 valence electrons. The van der Waals surface area contributed by atoms with Gasteiger partial charge in [0.15, 0.2) is 23.6 Å². The molecule has 0 fully saturated rings. The molecule has 2 heterocycles. The van der Waals surface area contributed by atoms with Crippen LogP contribution < -0.4 is 5.32 Å². The first-order valence-electron chi connectivity index (χ1n) is 7.22. The Labute approximate surface area is 133 Å². The molecule has 2 N–H and O–H groups in total. The second-order valence-corrected chi connectivity index (χ2v) is 4.49. The van der Waals surface area contributed by atoms with Gasteiger partial charge >= 0.3 is 0 Å². The monoisotopic (exact) mass is 321 g/mol. The normalized spacial score (nSPS) is 10.9. The lowest BCUT2D eigenvalue weighted by Crippen LogP contribution is -2.24. The average Bonchev–Trinajstić information content (AvgIpc) is 2.99. The molecule has 2 aromatic heterocycles. The van der Waals surface area contributed by atoms with Crippen LogP contribution in [0.4, 0.5) is 5.82 Å². The molecule has 0 aliphatic rings. The number of hydrogen-bond donors (Lipinski definition) is 2. The third-order valence-electron chi connectivity index (χ3n) is 2.83. The SMILES string of the molecule is CCOC(Cn1cc(C(=O)Nc2ncccc2O)nn1)OCC. The Morgan fingerprint density at radius 3 is 2.78 bits per heavy atom. The average molecular weight is 321 g/mol. The van der Waals surface area contributed by atoms with Crippen molar-refractivity contribution in [3.05, 3.63) is 30.2 Å². The summed E-state index contributed by atoms with van der Waals surface area (Å²) in [4.78, 5) is 15.9. The van der Waals surface area contributed by atoms with Gasteiger partial charge in [-0.2, -0.15) is 0 Å². The molecule has 1 amide bonds. The summed E-state index contributed by atoms with van der Waals surface area (Å²) in [7, 11) is 0. The summed E-state index contributed by atoms with van der Waals surface area (Å²) < 4.78 is 12.3. The smallest absolute Gasteiger partial charge is 0.279 e. The summed E-state index contributed by atoms with van der Waals surface area (Å²) in [5, 5.41) is 19.7. The molecule has 2 aromatic rings. The van der Waals surface area contributed by atoms with Gasteiger partial charge in [-0.15, -0.1) is 5.10 Å². The number of aromatic nitrogens is 4. The van der Waals surface area contributed by atoms with Crippen molar-refractivity contribution in [3.8, 4) is 5.75 Å². The Kier molecular flexibility index (Phi) is 6.01. The minimum absolute atomic E-state index is 0.0635.